The molecule has 0 aromatic heterocycles. The molecule has 0 aliphatic rings. The van der Waals surface area contributed by atoms with Gasteiger partial charge in [0.25, 0.3) is 0 Å². The number of amides is 1. The summed E-state index contributed by atoms with van der Waals surface area (Å²) in [6.45, 7) is 4.89. The highest BCUT2D eigenvalue weighted by Gasteiger charge is 2.18. The standard InChI is InChI=1S/C73H139NO5/c1-3-5-7-9-11-13-15-16-42-46-49-53-57-61-65-71(76)70(69-75)74-72(77)66-62-58-54-50-47-43-40-38-36-34-32-30-28-26-24-22-20-18-17-19-21-23-25-27-29-31-33-35-37-39-41-44-48-52-56-60-64-68-79-73(78)67-63-59-55-51-45-14-12-10-8-6-4-2/h10,12,17,19,61,65,70-71,75-76H,3-9,11,13-16,18,20-60,62-64,66-69H2,1-2H3,(H,74,77)/b12-10-,19-17-,65-61+. The van der Waals surface area contributed by atoms with Gasteiger partial charge in [-0.3, -0.25) is 9.59 Å². The van der Waals surface area contributed by atoms with Crippen LogP contribution in [0, 0.1) is 0 Å². The Morgan fingerprint density at radius 3 is 0.937 bits per heavy atom. The van der Waals surface area contributed by atoms with Crippen molar-refractivity contribution in [1.82, 2.24) is 5.32 Å². The van der Waals surface area contributed by atoms with Gasteiger partial charge in [0.15, 0.2) is 0 Å². The molecule has 79 heavy (non-hydrogen) atoms. The van der Waals surface area contributed by atoms with Gasteiger partial charge in [0, 0.05) is 12.8 Å². The Kier molecular flexibility index (Phi) is 66.9. The maximum absolute atomic E-state index is 12.5. The fraction of sp³-hybridized carbons (Fsp3) is 0.890. The summed E-state index contributed by atoms with van der Waals surface area (Å²) in [5, 5.41) is 23.1. The van der Waals surface area contributed by atoms with Crippen LogP contribution in [-0.4, -0.2) is 47.4 Å². The molecule has 0 aromatic rings. The summed E-state index contributed by atoms with van der Waals surface area (Å²) in [5.74, 6) is -0.0519. The zero-order chi connectivity index (χ0) is 57.1. The minimum Gasteiger partial charge on any atom is -0.466 e. The van der Waals surface area contributed by atoms with Crippen molar-refractivity contribution in [3.63, 3.8) is 0 Å². The molecule has 0 heterocycles. The number of aliphatic hydroxyl groups excluding tert-OH is 2. The quantitative estimate of drug-likeness (QED) is 0.0320. The maximum Gasteiger partial charge on any atom is 0.305 e. The molecule has 2 unspecified atom stereocenters. The Morgan fingerprint density at radius 1 is 0.342 bits per heavy atom. The highest BCUT2D eigenvalue weighted by Crippen LogP contribution is 2.18. The fourth-order valence-electron chi connectivity index (χ4n) is 11.1. The lowest BCUT2D eigenvalue weighted by atomic mass is 10.0. The number of unbranched alkanes of at least 4 members (excludes halogenated alkanes) is 52. The Hall–Kier alpha value is -1.92. The molecule has 0 aliphatic heterocycles. The predicted molar refractivity (Wildman–Crippen MR) is 347 cm³/mol. The molecule has 0 saturated carbocycles. The second kappa shape index (κ2) is 68.6. The second-order valence-corrected chi connectivity index (χ2v) is 24.6. The van der Waals surface area contributed by atoms with Crippen LogP contribution in [0.2, 0.25) is 0 Å². The normalized spacial score (nSPS) is 12.7. The maximum atomic E-state index is 12.5. The summed E-state index contributed by atoms with van der Waals surface area (Å²) in [4.78, 5) is 24.5. The van der Waals surface area contributed by atoms with Crippen molar-refractivity contribution in [2.45, 2.75) is 405 Å². The molecule has 1 amide bonds. The average Bonchev–Trinajstić information content (AvgIpc) is 3.45. The van der Waals surface area contributed by atoms with Crippen molar-refractivity contribution in [2.24, 2.45) is 0 Å². The number of carbonyl (C=O) groups is 2. The topological polar surface area (TPSA) is 95.9 Å². The smallest absolute Gasteiger partial charge is 0.305 e. The predicted octanol–water partition coefficient (Wildman–Crippen LogP) is 23.1. The van der Waals surface area contributed by atoms with Gasteiger partial charge in [-0.1, -0.05) is 339 Å². The van der Waals surface area contributed by atoms with E-state index in [2.05, 4.69) is 43.5 Å². The van der Waals surface area contributed by atoms with Gasteiger partial charge in [0.1, 0.15) is 0 Å². The van der Waals surface area contributed by atoms with Crippen molar-refractivity contribution in [2.75, 3.05) is 13.2 Å². The molecule has 0 aromatic carbocycles. The van der Waals surface area contributed by atoms with Crippen molar-refractivity contribution < 1.29 is 24.5 Å². The summed E-state index contributed by atoms with van der Waals surface area (Å²) in [5.41, 5.74) is 0. The highest BCUT2D eigenvalue weighted by atomic mass is 16.5. The summed E-state index contributed by atoms with van der Waals surface area (Å²) in [6.07, 6.45) is 88.2. The van der Waals surface area contributed by atoms with Gasteiger partial charge in [0.05, 0.1) is 25.4 Å². The first-order valence-electron chi connectivity index (χ1n) is 35.8. The number of aliphatic hydroxyl groups is 2. The van der Waals surface area contributed by atoms with Gasteiger partial charge in [-0.15, -0.1) is 0 Å². The number of allylic oxidation sites excluding steroid dienone is 5. The second-order valence-electron chi connectivity index (χ2n) is 24.6. The van der Waals surface area contributed by atoms with Crippen LogP contribution in [0.25, 0.3) is 0 Å². The van der Waals surface area contributed by atoms with E-state index in [4.69, 9.17) is 4.74 Å². The summed E-state index contributed by atoms with van der Waals surface area (Å²) in [7, 11) is 0. The molecule has 6 nitrogen and oxygen atoms in total. The number of hydrogen-bond donors (Lipinski definition) is 3. The summed E-state index contributed by atoms with van der Waals surface area (Å²) < 4.78 is 5.47. The van der Waals surface area contributed by atoms with Gasteiger partial charge in [-0.05, 0) is 77.0 Å². The minimum atomic E-state index is -0.841. The average molecular weight is 1110 g/mol. The van der Waals surface area contributed by atoms with Gasteiger partial charge in [0.2, 0.25) is 5.91 Å². The molecule has 0 spiro atoms. The summed E-state index contributed by atoms with van der Waals surface area (Å²) in [6, 6.07) is -0.624. The molecule has 0 saturated heterocycles. The van der Waals surface area contributed by atoms with Crippen LogP contribution in [-0.2, 0) is 14.3 Å². The lowest BCUT2D eigenvalue weighted by Gasteiger charge is -2.20. The van der Waals surface area contributed by atoms with E-state index in [1.165, 1.54) is 321 Å². The SMILES string of the molecule is CCCC/C=C\CCCCCCCC(=O)OCCCCCCCCCCCCCCCCCC/C=C\CCCCCCCCCCCCCCCCCCCC(=O)NC(CO)C(O)/C=C/CCCCCCCCCCCCCC. The zero-order valence-electron chi connectivity index (χ0n) is 53.4. The van der Waals surface area contributed by atoms with Crippen molar-refractivity contribution in [3.8, 4) is 0 Å². The molecule has 0 rings (SSSR count). The number of carbonyl (C=O) groups excluding carboxylic acids is 2. The number of esters is 1. The zero-order valence-corrected chi connectivity index (χ0v) is 53.4. The van der Waals surface area contributed by atoms with E-state index >= 15 is 0 Å². The number of rotatable bonds is 67. The van der Waals surface area contributed by atoms with E-state index in [1.807, 2.05) is 6.08 Å². The number of ether oxygens (including phenoxy) is 1. The lowest BCUT2D eigenvalue weighted by Crippen LogP contribution is -2.45. The monoisotopic (exact) mass is 1110 g/mol. The lowest BCUT2D eigenvalue weighted by molar-refractivity contribution is -0.143. The minimum absolute atomic E-state index is 0.0103. The highest BCUT2D eigenvalue weighted by molar-refractivity contribution is 5.76. The van der Waals surface area contributed by atoms with Crippen LogP contribution in [0.4, 0.5) is 0 Å². The van der Waals surface area contributed by atoms with E-state index in [0.29, 0.717) is 19.4 Å². The molecular weight excluding hydrogens is 971 g/mol. The van der Waals surface area contributed by atoms with Gasteiger partial charge >= 0.3 is 5.97 Å². The third-order valence-corrected chi connectivity index (χ3v) is 16.6. The first-order valence-corrected chi connectivity index (χ1v) is 35.8. The van der Waals surface area contributed by atoms with Gasteiger partial charge < -0.3 is 20.3 Å². The molecule has 3 N–H and O–H groups in total. The Bertz CT molecular complexity index is 1280. The van der Waals surface area contributed by atoms with Crippen LogP contribution in [0.15, 0.2) is 36.5 Å². The van der Waals surface area contributed by atoms with Crippen LogP contribution >= 0.6 is 0 Å². The van der Waals surface area contributed by atoms with E-state index in [1.54, 1.807) is 6.08 Å². The van der Waals surface area contributed by atoms with Gasteiger partial charge in [-0.25, -0.2) is 0 Å². The van der Waals surface area contributed by atoms with Gasteiger partial charge in [-0.2, -0.15) is 0 Å². The van der Waals surface area contributed by atoms with E-state index in [0.717, 1.165) is 44.9 Å². The van der Waals surface area contributed by atoms with Crippen molar-refractivity contribution in [1.29, 1.82) is 0 Å². The van der Waals surface area contributed by atoms with E-state index in [-0.39, 0.29) is 18.5 Å². The molecule has 0 fully saturated rings. The van der Waals surface area contributed by atoms with Crippen LogP contribution < -0.4 is 5.32 Å². The molecule has 0 aliphatic carbocycles. The molecule has 2 atom stereocenters. The molecular formula is C73H139NO5. The fourth-order valence-corrected chi connectivity index (χ4v) is 11.1. The van der Waals surface area contributed by atoms with Crippen LogP contribution in [0.5, 0.6) is 0 Å². The van der Waals surface area contributed by atoms with Crippen molar-refractivity contribution >= 4 is 11.9 Å². The number of hydrogen-bond acceptors (Lipinski definition) is 5. The van der Waals surface area contributed by atoms with E-state index in [9.17, 15) is 19.8 Å². The van der Waals surface area contributed by atoms with Crippen LogP contribution in [0.3, 0.4) is 0 Å². The molecule has 0 radical (unpaired) electrons. The number of nitrogens with one attached hydrogen (secondary N) is 1. The molecule has 0 bridgehead atoms. The molecule has 466 valence electrons. The Balaban J connectivity index is 3.34. The Labute approximate surface area is 494 Å². The van der Waals surface area contributed by atoms with Crippen molar-refractivity contribution in [3.05, 3.63) is 36.5 Å². The van der Waals surface area contributed by atoms with Crippen LogP contribution in [0.1, 0.15) is 393 Å². The largest absolute Gasteiger partial charge is 0.466 e. The summed E-state index contributed by atoms with van der Waals surface area (Å²) >= 11 is 0. The Morgan fingerprint density at radius 2 is 0.608 bits per heavy atom. The first kappa shape index (κ1) is 77.1. The third-order valence-electron chi connectivity index (χ3n) is 16.6. The molecule has 6 heteroatoms. The van der Waals surface area contributed by atoms with E-state index < -0.39 is 12.1 Å². The first-order chi connectivity index (χ1) is 39.0. The third kappa shape index (κ3) is 65.1.